The summed E-state index contributed by atoms with van der Waals surface area (Å²) < 4.78 is 92.7. The third kappa shape index (κ3) is 7.14. The van der Waals surface area contributed by atoms with E-state index < -0.39 is 35.5 Å². The molecule has 242 valence electrons. The van der Waals surface area contributed by atoms with E-state index in [1.54, 1.807) is 35.4 Å². The molecule has 5 rings (SSSR count). The van der Waals surface area contributed by atoms with Gasteiger partial charge in [0.2, 0.25) is 5.95 Å². The number of alkyl halides is 6. The number of hydrazone groups is 1. The minimum atomic E-state index is -4.99. The van der Waals surface area contributed by atoms with Gasteiger partial charge >= 0.3 is 18.3 Å². The minimum Gasteiger partial charge on any atom is -0.461 e. The van der Waals surface area contributed by atoms with Crippen molar-refractivity contribution in [3.05, 3.63) is 64.8 Å². The van der Waals surface area contributed by atoms with E-state index in [9.17, 15) is 31.1 Å². The molecule has 0 bridgehead atoms. The van der Waals surface area contributed by atoms with Crippen molar-refractivity contribution in [2.75, 3.05) is 36.5 Å². The van der Waals surface area contributed by atoms with Crippen LogP contribution in [0.3, 0.4) is 0 Å². The van der Waals surface area contributed by atoms with Crippen molar-refractivity contribution in [1.29, 1.82) is 0 Å². The molecule has 2 aromatic heterocycles. The van der Waals surface area contributed by atoms with Crippen LogP contribution in [-0.4, -0.2) is 71.0 Å². The van der Waals surface area contributed by atoms with Gasteiger partial charge in [0.25, 0.3) is 6.01 Å². The van der Waals surface area contributed by atoms with Crippen LogP contribution in [0.4, 0.5) is 38.3 Å². The lowest BCUT2D eigenvalue weighted by Gasteiger charge is -2.30. The van der Waals surface area contributed by atoms with Gasteiger partial charge in [-0.2, -0.15) is 36.4 Å². The molecule has 3 aromatic rings. The van der Waals surface area contributed by atoms with Crippen LogP contribution in [-0.2, 0) is 23.6 Å². The van der Waals surface area contributed by atoms with Crippen molar-refractivity contribution in [1.82, 2.24) is 20.0 Å². The summed E-state index contributed by atoms with van der Waals surface area (Å²) in [7, 11) is 1.82. The molecule has 2 aliphatic rings. The first-order chi connectivity index (χ1) is 21.3. The molecule has 0 radical (unpaired) electrons. The van der Waals surface area contributed by atoms with Crippen LogP contribution < -0.4 is 9.80 Å². The number of oxazole rings is 1. The number of ether oxygens (including phenoxy) is 1. The van der Waals surface area contributed by atoms with Gasteiger partial charge < -0.3 is 19.0 Å². The molecular weight excluding hydrogens is 608 g/mol. The Labute approximate surface area is 254 Å². The highest BCUT2D eigenvalue weighted by Crippen LogP contribution is 2.38. The largest absolute Gasteiger partial charge is 0.461 e. The second-order valence-corrected chi connectivity index (χ2v) is 10.9. The maximum atomic E-state index is 13.7. The van der Waals surface area contributed by atoms with Gasteiger partial charge in [-0.1, -0.05) is 6.92 Å². The number of esters is 1. The lowest BCUT2D eigenvalue weighted by atomic mass is 10.0. The average Bonchev–Trinajstić information content (AvgIpc) is 3.75. The van der Waals surface area contributed by atoms with Crippen LogP contribution in [0.5, 0.6) is 0 Å². The van der Waals surface area contributed by atoms with Gasteiger partial charge in [0.15, 0.2) is 5.69 Å². The molecule has 1 aromatic carbocycles. The normalized spacial score (nSPS) is 20.2. The lowest BCUT2D eigenvalue weighted by Crippen LogP contribution is -2.38. The second kappa shape index (κ2) is 12.6. The van der Waals surface area contributed by atoms with Crippen LogP contribution in [0.15, 0.2) is 46.4 Å². The van der Waals surface area contributed by atoms with Crippen molar-refractivity contribution in [2.24, 2.45) is 5.10 Å². The summed E-state index contributed by atoms with van der Waals surface area (Å²) in [4.78, 5) is 28.8. The number of hydrogen-bond acceptors (Lipinski definition) is 10. The van der Waals surface area contributed by atoms with Crippen molar-refractivity contribution in [3.63, 3.8) is 0 Å². The molecule has 4 heterocycles. The topological polar surface area (TPSA) is 100 Å². The van der Waals surface area contributed by atoms with Crippen LogP contribution >= 0.6 is 0 Å². The van der Waals surface area contributed by atoms with Crippen LogP contribution in [0.25, 0.3) is 0 Å². The summed E-state index contributed by atoms with van der Waals surface area (Å²) in [6.07, 6.45) is -2.84. The van der Waals surface area contributed by atoms with Crippen molar-refractivity contribution in [3.8, 4) is 0 Å². The number of rotatable bonds is 9. The number of nitrogens with zero attached hydrogens (tertiary/aromatic N) is 7. The van der Waals surface area contributed by atoms with Crippen LogP contribution in [0.1, 0.15) is 65.3 Å². The Morgan fingerprint density at radius 2 is 1.71 bits per heavy atom. The molecule has 10 nitrogen and oxygen atoms in total. The Hall–Kier alpha value is -4.37. The van der Waals surface area contributed by atoms with E-state index in [-0.39, 0.29) is 60.9 Å². The first-order valence-corrected chi connectivity index (χ1v) is 14.3. The number of halogens is 6. The number of hydrogen-bond donors (Lipinski definition) is 0. The maximum Gasteiger partial charge on any atom is 0.416 e. The molecule has 0 saturated carbocycles. The summed E-state index contributed by atoms with van der Waals surface area (Å²) in [5.41, 5.74) is -2.28. The Balaban J connectivity index is 1.50. The quantitative estimate of drug-likeness (QED) is 0.214. The third-order valence-corrected chi connectivity index (χ3v) is 7.77. The fraction of sp³-hybridized carbons (Fsp3) is 0.483. The molecule has 1 fully saturated rings. The number of aromatic nitrogens is 3. The number of benzene rings is 1. The molecule has 1 saturated heterocycles. The summed E-state index contributed by atoms with van der Waals surface area (Å²) in [5, 5.41) is 5.97. The van der Waals surface area contributed by atoms with E-state index in [0.717, 1.165) is 5.56 Å². The van der Waals surface area contributed by atoms with Gasteiger partial charge in [-0.25, -0.2) is 14.8 Å². The Morgan fingerprint density at radius 1 is 1.04 bits per heavy atom. The molecule has 0 N–H and O–H groups in total. The smallest absolute Gasteiger partial charge is 0.416 e. The highest BCUT2D eigenvalue weighted by molar-refractivity contribution is 5.87. The SMILES string of the molecule is CCOC(=O)c1coc(N2C[C@@H](N(Cc3cc(C(F)(F)F)cc(C(F)(F)F)c3)c3ncc(C4C=NN(C)C4)cn3)C[C@H]2CC)n1. The molecule has 1 unspecified atom stereocenters. The molecule has 45 heavy (non-hydrogen) atoms. The first kappa shape index (κ1) is 32.0. The highest BCUT2D eigenvalue weighted by Gasteiger charge is 2.40. The molecule has 2 aliphatic heterocycles. The van der Waals surface area contributed by atoms with Crippen molar-refractivity contribution < 1.29 is 40.3 Å². The molecule has 0 aliphatic carbocycles. The molecular formula is C29H31F6N7O3. The minimum absolute atomic E-state index is 0.0225. The Bertz CT molecular complexity index is 1490. The number of carbonyl (C=O) groups is 1. The number of anilines is 2. The number of carbonyl (C=O) groups excluding carboxylic acids is 1. The van der Waals surface area contributed by atoms with E-state index in [1.807, 2.05) is 18.9 Å². The standard InChI is InChI=1S/C29H31F6N7O3/c1-4-22-9-23(15-42(22)27-39-24(16-45-27)25(43)44-5-2)41(26-36-10-18(11-37-26)19-12-38-40(3)14-19)13-17-6-20(28(30,31)32)8-21(7-17)29(33,34)35/h6-8,10-12,16,19,22-23H,4-5,9,13-15H2,1-3H3/t19?,22-,23+/m1/s1. The lowest BCUT2D eigenvalue weighted by molar-refractivity contribution is -0.143. The predicted octanol–water partition coefficient (Wildman–Crippen LogP) is 5.76. The van der Waals surface area contributed by atoms with Crippen molar-refractivity contribution in [2.45, 2.75) is 63.6 Å². The van der Waals surface area contributed by atoms with Crippen molar-refractivity contribution >= 4 is 24.1 Å². The summed E-state index contributed by atoms with van der Waals surface area (Å²) in [6, 6.07) is 1.03. The fourth-order valence-electron chi connectivity index (χ4n) is 5.54. The molecule has 16 heteroatoms. The van der Waals surface area contributed by atoms with E-state index in [4.69, 9.17) is 9.15 Å². The van der Waals surface area contributed by atoms with Crippen LogP contribution in [0, 0.1) is 0 Å². The highest BCUT2D eigenvalue weighted by atomic mass is 19.4. The number of likely N-dealkylation sites (N-methyl/N-ethyl adjacent to an activating group) is 1. The molecule has 3 atom stereocenters. The van der Waals surface area contributed by atoms with Gasteiger partial charge in [0.1, 0.15) is 6.26 Å². The molecule has 0 spiro atoms. The zero-order valence-corrected chi connectivity index (χ0v) is 24.6. The monoisotopic (exact) mass is 639 g/mol. The Kier molecular flexibility index (Phi) is 8.94. The first-order valence-electron chi connectivity index (χ1n) is 14.3. The van der Waals surface area contributed by atoms with E-state index in [2.05, 4.69) is 20.1 Å². The summed E-state index contributed by atoms with van der Waals surface area (Å²) in [5.74, 6) is -0.593. The van der Waals surface area contributed by atoms with E-state index >= 15 is 0 Å². The van der Waals surface area contributed by atoms with Gasteiger partial charge in [-0.05, 0) is 49.1 Å². The predicted molar refractivity (Wildman–Crippen MR) is 151 cm³/mol. The second-order valence-electron chi connectivity index (χ2n) is 10.9. The van der Waals surface area contributed by atoms with Crippen LogP contribution in [0.2, 0.25) is 0 Å². The summed E-state index contributed by atoms with van der Waals surface area (Å²) in [6.45, 7) is 4.21. The maximum absolute atomic E-state index is 13.7. The zero-order valence-electron chi connectivity index (χ0n) is 24.6. The Morgan fingerprint density at radius 3 is 2.27 bits per heavy atom. The van der Waals surface area contributed by atoms with Gasteiger partial charge in [-0.3, -0.25) is 5.01 Å². The fourth-order valence-corrected chi connectivity index (χ4v) is 5.54. The molecule has 0 amide bonds. The summed E-state index contributed by atoms with van der Waals surface area (Å²) >= 11 is 0. The van der Waals surface area contributed by atoms with Gasteiger partial charge in [-0.15, -0.1) is 0 Å². The van der Waals surface area contributed by atoms with E-state index in [0.29, 0.717) is 31.5 Å². The van der Waals surface area contributed by atoms with Gasteiger partial charge in [0, 0.05) is 57.2 Å². The average molecular weight is 640 g/mol. The zero-order chi connectivity index (χ0) is 32.5. The third-order valence-electron chi connectivity index (χ3n) is 7.77. The van der Waals surface area contributed by atoms with Gasteiger partial charge in [0.05, 0.1) is 23.8 Å². The van der Waals surface area contributed by atoms with E-state index in [1.165, 1.54) is 6.26 Å².